The highest BCUT2D eigenvalue weighted by molar-refractivity contribution is 7.15. The van der Waals surface area contributed by atoms with Crippen LogP contribution in [0.1, 0.15) is 42.2 Å². The zero-order valence-electron chi connectivity index (χ0n) is 11.5. The number of nitrogens with one attached hydrogen (secondary N) is 1. The number of amides is 1. The molecule has 4 nitrogen and oxygen atoms in total. The summed E-state index contributed by atoms with van der Waals surface area (Å²) in [7, 11) is 0. The minimum atomic E-state index is 0.00228. The summed E-state index contributed by atoms with van der Waals surface area (Å²) in [5, 5.41) is 13.4. The normalized spacial score (nSPS) is 14.1. The van der Waals surface area contributed by atoms with Gasteiger partial charge in [-0.1, -0.05) is 35.1 Å². The predicted molar refractivity (Wildman–Crippen MR) is 84.9 cm³/mol. The van der Waals surface area contributed by atoms with Gasteiger partial charge in [-0.2, -0.15) is 0 Å². The summed E-state index contributed by atoms with van der Waals surface area (Å²) in [6.45, 7) is 0. The third-order valence-electron chi connectivity index (χ3n) is 3.40. The molecule has 1 fully saturated rings. The first-order valence-corrected chi connectivity index (χ1v) is 8.28. The van der Waals surface area contributed by atoms with E-state index in [1.807, 2.05) is 24.3 Å². The van der Waals surface area contributed by atoms with E-state index in [1.165, 1.54) is 29.7 Å². The Hall–Kier alpha value is -1.46. The van der Waals surface area contributed by atoms with Crippen LogP contribution in [0.25, 0.3) is 0 Å². The van der Waals surface area contributed by atoms with Gasteiger partial charge in [-0.25, -0.2) is 0 Å². The van der Waals surface area contributed by atoms with Gasteiger partial charge >= 0.3 is 0 Å². The van der Waals surface area contributed by atoms with Crippen LogP contribution < -0.4 is 5.32 Å². The lowest BCUT2D eigenvalue weighted by Crippen LogP contribution is -2.11. The van der Waals surface area contributed by atoms with Crippen LogP contribution in [0.4, 0.5) is 5.13 Å². The molecule has 1 amide bonds. The Labute approximate surface area is 132 Å². The maximum atomic E-state index is 11.9. The van der Waals surface area contributed by atoms with E-state index in [0.29, 0.717) is 17.5 Å². The monoisotopic (exact) mass is 321 g/mol. The van der Waals surface area contributed by atoms with Gasteiger partial charge in [-0.05, 0) is 43.4 Å². The van der Waals surface area contributed by atoms with Gasteiger partial charge in [-0.15, -0.1) is 10.2 Å². The van der Waals surface area contributed by atoms with Gasteiger partial charge in [0.25, 0.3) is 0 Å². The molecule has 1 aliphatic rings. The van der Waals surface area contributed by atoms with Gasteiger partial charge in [0, 0.05) is 17.4 Å². The molecule has 1 heterocycles. The quantitative estimate of drug-likeness (QED) is 0.874. The van der Waals surface area contributed by atoms with Crippen LogP contribution in [-0.4, -0.2) is 16.1 Å². The van der Waals surface area contributed by atoms with Crippen molar-refractivity contribution >= 4 is 34.0 Å². The summed E-state index contributed by atoms with van der Waals surface area (Å²) in [6.07, 6.45) is 4.56. The zero-order valence-corrected chi connectivity index (χ0v) is 13.1. The molecule has 0 spiro atoms. The van der Waals surface area contributed by atoms with E-state index in [1.54, 1.807) is 0 Å². The Morgan fingerprint density at radius 3 is 2.76 bits per heavy atom. The standard InChI is InChI=1S/C15H16ClN3OS/c16-12-8-4-10(5-9-12)2-1-3-13(20)17-15-19-18-14(21-15)11-6-7-11/h4-5,8-9,11H,1-3,6-7H2,(H,17,19,20). The van der Waals surface area contributed by atoms with E-state index >= 15 is 0 Å². The lowest BCUT2D eigenvalue weighted by atomic mass is 10.1. The summed E-state index contributed by atoms with van der Waals surface area (Å²) in [4.78, 5) is 11.9. The third kappa shape index (κ3) is 4.25. The zero-order chi connectivity index (χ0) is 14.7. The second-order valence-corrected chi connectivity index (χ2v) is 6.69. The number of aromatic nitrogens is 2. The molecule has 0 atom stereocenters. The highest BCUT2D eigenvalue weighted by Gasteiger charge is 2.27. The molecule has 0 aliphatic heterocycles. The fourth-order valence-electron chi connectivity index (χ4n) is 2.07. The van der Waals surface area contributed by atoms with Crippen LogP contribution in [-0.2, 0) is 11.2 Å². The second-order valence-electron chi connectivity index (χ2n) is 5.25. The highest BCUT2D eigenvalue weighted by Crippen LogP contribution is 2.42. The first-order chi connectivity index (χ1) is 10.2. The minimum absolute atomic E-state index is 0.00228. The Morgan fingerprint density at radius 2 is 2.05 bits per heavy atom. The number of benzene rings is 1. The summed E-state index contributed by atoms with van der Waals surface area (Å²) in [5.74, 6) is 0.584. The molecule has 0 radical (unpaired) electrons. The fraction of sp³-hybridized carbons (Fsp3) is 0.400. The first-order valence-electron chi connectivity index (χ1n) is 7.08. The molecular formula is C15H16ClN3OS. The summed E-state index contributed by atoms with van der Waals surface area (Å²) < 4.78 is 0. The SMILES string of the molecule is O=C(CCCc1ccc(Cl)cc1)Nc1nnc(C2CC2)s1. The lowest BCUT2D eigenvalue weighted by Gasteiger charge is -2.02. The predicted octanol–water partition coefficient (Wildman–Crippen LogP) is 4.03. The summed E-state index contributed by atoms with van der Waals surface area (Å²) in [6, 6.07) is 7.73. The smallest absolute Gasteiger partial charge is 0.226 e. The van der Waals surface area contributed by atoms with Crippen molar-refractivity contribution in [2.24, 2.45) is 0 Å². The Bertz CT molecular complexity index is 622. The van der Waals surface area contributed by atoms with Crippen LogP contribution in [0.5, 0.6) is 0 Å². The average Bonchev–Trinajstić information content (AvgIpc) is 3.22. The molecule has 0 saturated heterocycles. The molecule has 21 heavy (non-hydrogen) atoms. The van der Waals surface area contributed by atoms with Crippen LogP contribution in [0.2, 0.25) is 5.02 Å². The van der Waals surface area contributed by atoms with Crippen molar-refractivity contribution in [3.05, 3.63) is 39.9 Å². The fourth-order valence-corrected chi connectivity index (χ4v) is 3.12. The van der Waals surface area contributed by atoms with Gasteiger partial charge in [0.1, 0.15) is 5.01 Å². The van der Waals surface area contributed by atoms with Gasteiger partial charge in [0.05, 0.1) is 0 Å². The van der Waals surface area contributed by atoms with Crippen LogP contribution in [0.3, 0.4) is 0 Å². The van der Waals surface area contributed by atoms with Gasteiger partial charge < -0.3 is 5.32 Å². The number of halogens is 1. The van der Waals surface area contributed by atoms with Crippen molar-refractivity contribution in [3.63, 3.8) is 0 Å². The molecular weight excluding hydrogens is 306 g/mol. The lowest BCUT2D eigenvalue weighted by molar-refractivity contribution is -0.116. The highest BCUT2D eigenvalue weighted by atomic mass is 35.5. The maximum absolute atomic E-state index is 11.9. The molecule has 1 aromatic heterocycles. The van der Waals surface area contributed by atoms with Crippen molar-refractivity contribution in [2.75, 3.05) is 5.32 Å². The molecule has 1 saturated carbocycles. The van der Waals surface area contributed by atoms with Crippen molar-refractivity contribution in [1.82, 2.24) is 10.2 Å². The van der Waals surface area contributed by atoms with Crippen LogP contribution >= 0.6 is 22.9 Å². The van der Waals surface area contributed by atoms with Gasteiger partial charge in [0.2, 0.25) is 11.0 Å². The Morgan fingerprint density at radius 1 is 1.29 bits per heavy atom. The Kier molecular flexibility index (Phi) is 4.51. The first kappa shape index (κ1) is 14.5. The van der Waals surface area contributed by atoms with E-state index in [4.69, 9.17) is 11.6 Å². The molecule has 1 aliphatic carbocycles. The molecule has 3 rings (SSSR count). The molecule has 2 aromatic rings. The summed E-state index contributed by atoms with van der Waals surface area (Å²) >= 11 is 7.33. The van der Waals surface area contributed by atoms with Crippen molar-refractivity contribution in [1.29, 1.82) is 0 Å². The number of nitrogens with zero attached hydrogens (tertiary/aromatic N) is 2. The van der Waals surface area contributed by atoms with Gasteiger partial charge in [0.15, 0.2) is 0 Å². The van der Waals surface area contributed by atoms with E-state index < -0.39 is 0 Å². The van der Waals surface area contributed by atoms with E-state index in [-0.39, 0.29) is 5.91 Å². The topological polar surface area (TPSA) is 54.9 Å². The second kappa shape index (κ2) is 6.54. The number of anilines is 1. The number of rotatable bonds is 6. The molecule has 1 aromatic carbocycles. The average molecular weight is 322 g/mol. The number of carbonyl (C=O) groups excluding carboxylic acids is 1. The molecule has 6 heteroatoms. The van der Waals surface area contributed by atoms with Crippen molar-refractivity contribution in [3.8, 4) is 0 Å². The third-order valence-corrected chi connectivity index (χ3v) is 4.65. The van der Waals surface area contributed by atoms with Crippen LogP contribution in [0, 0.1) is 0 Å². The molecule has 0 bridgehead atoms. The van der Waals surface area contributed by atoms with Gasteiger partial charge in [-0.3, -0.25) is 4.79 Å². The number of hydrogen-bond acceptors (Lipinski definition) is 4. The Balaban J connectivity index is 1.42. The van der Waals surface area contributed by atoms with Crippen LogP contribution in [0.15, 0.2) is 24.3 Å². The number of hydrogen-bond donors (Lipinski definition) is 1. The number of aryl methyl sites for hydroxylation is 1. The van der Waals surface area contributed by atoms with E-state index in [0.717, 1.165) is 22.9 Å². The largest absolute Gasteiger partial charge is 0.301 e. The van der Waals surface area contributed by atoms with Crippen molar-refractivity contribution < 1.29 is 4.79 Å². The number of carbonyl (C=O) groups is 1. The van der Waals surface area contributed by atoms with E-state index in [2.05, 4.69) is 15.5 Å². The maximum Gasteiger partial charge on any atom is 0.226 e. The van der Waals surface area contributed by atoms with E-state index in [9.17, 15) is 4.79 Å². The van der Waals surface area contributed by atoms with Crippen molar-refractivity contribution in [2.45, 2.75) is 38.0 Å². The molecule has 1 N–H and O–H groups in total. The summed E-state index contributed by atoms with van der Waals surface area (Å²) in [5.41, 5.74) is 1.19. The minimum Gasteiger partial charge on any atom is -0.301 e. The molecule has 110 valence electrons. The molecule has 0 unspecified atom stereocenters.